The third-order valence-electron chi connectivity index (χ3n) is 5.00. The summed E-state index contributed by atoms with van der Waals surface area (Å²) < 4.78 is 7.83. The van der Waals surface area contributed by atoms with Crippen molar-refractivity contribution in [2.45, 2.75) is 58.6 Å². The zero-order chi connectivity index (χ0) is 18.0. The topological polar surface area (TPSA) is 47.4 Å². The molecule has 1 amide bonds. The van der Waals surface area contributed by atoms with Gasteiger partial charge in [-0.2, -0.15) is 0 Å². The Balaban J connectivity index is 1.88. The highest BCUT2D eigenvalue weighted by Gasteiger charge is 2.31. The Kier molecular flexibility index (Phi) is 5.42. The maximum absolute atomic E-state index is 12.6. The van der Waals surface area contributed by atoms with Crippen LogP contribution in [0.3, 0.4) is 0 Å². The van der Waals surface area contributed by atoms with Crippen LogP contribution in [0.1, 0.15) is 58.3 Å². The summed E-state index contributed by atoms with van der Waals surface area (Å²) in [7, 11) is 0. The van der Waals surface area contributed by atoms with Crippen molar-refractivity contribution in [3.63, 3.8) is 0 Å². The highest BCUT2D eigenvalue weighted by atomic mass is 16.5. The molecule has 0 unspecified atom stereocenters. The van der Waals surface area contributed by atoms with Gasteiger partial charge in [-0.25, -0.2) is 4.98 Å². The number of likely N-dealkylation sites (tertiary alicyclic amines) is 1. The molecule has 0 N–H and O–H groups in total. The first kappa shape index (κ1) is 17.9. The number of hydrogen-bond acceptors (Lipinski definition) is 3. The monoisotopic (exact) mass is 343 g/mol. The van der Waals surface area contributed by atoms with Crippen LogP contribution in [0.15, 0.2) is 24.3 Å². The van der Waals surface area contributed by atoms with Crippen LogP contribution in [-0.2, 0) is 9.53 Å². The summed E-state index contributed by atoms with van der Waals surface area (Å²) in [6, 6.07) is 8.64. The quantitative estimate of drug-likeness (QED) is 0.831. The predicted octanol–water partition coefficient (Wildman–Crippen LogP) is 3.75. The average Bonchev–Trinajstić information content (AvgIpc) is 3.01. The van der Waals surface area contributed by atoms with Crippen LogP contribution in [0.25, 0.3) is 11.0 Å². The summed E-state index contributed by atoms with van der Waals surface area (Å²) in [5, 5.41) is 0. The molecule has 25 heavy (non-hydrogen) atoms. The molecule has 3 rings (SSSR count). The van der Waals surface area contributed by atoms with E-state index in [9.17, 15) is 4.79 Å². The van der Waals surface area contributed by atoms with Gasteiger partial charge in [0.25, 0.3) is 5.91 Å². The molecule has 0 spiro atoms. The Morgan fingerprint density at radius 2 is 2.08 bits per heavy atom. The lowest BCUT2D eigenvalue weighted by Crippen LogP contribution is -2.44. The lowest BCUT2D eigenvalue weighted by Gasteiger charge is -2.34. The molecule has 1 aliphatic heterocycles. The number of benzene rings is 1. The second kappa shape index (κ2) is 7.56. The van der Waals surface area contributed by atoms with Crippen LogP contribution in [0.2, 0.25) is 0 Å². The molecule has 136 valence electrons. The van der Waals surface area contributed by atoms with Gasteiger partial charge >= 0.3 is 0 Å². The van der Waals surface area contributed by atoms with Crippen LogP contribution in [-0.4, -0.2) is 46.2 Å². The van der Waals surface area contributed by atoms with Crippen molar-refractivity contribution in [3.05, 3.63) is 30.1 Å². The fourth-order valence-electron chi connectivity index (χ4n) is 3.86. The Morgan fingerprint density at radius 1 is 1.32 bits per heavy atom. The molecule has 0 bridgehead atoms. The van der Waals surface area contributed by atoms with Crippen molar-refractivity contribution in [2.75, 3.05) is 19.7 Å². The molecule has 1 saturated heterocycles. The van der Waals surface area contributed by atoms with E-state index >= 15 is 0 Å². The summed E-state index contributed by atoms with van der Waals surface area (Å²) in [5.41, 5.74) is 2.22. The first-order valence-corrected chi connectivity index (χ1v) is 9.40. The summed E-state index contributed by atoms with van der Waals surface area (Å²) in [6.07, 6.45) is 1.71. The molecule has 0 saturated carbocycles. The molecule has 1 aromatic carbocycles. The molecule has 2 heterocycles. The van der Waals surface area contributed by atoms with E-state index in [1.807, 2.05) is 24.8 Å². The first-order valence-electron chi connectivity index (χ1n) is 9.40. The number of imidazole rings is 1. The van der Waals surface area contributed by atoms with Gasteiger partial charge in [0, 0.05) is 31.7 Å². The first-order chi connectivity index (χ1) is 12.0. The van der Waals surface area contributed by atoms with Crippen molar-refractivity contribution in [3.8, 4) is 0 Å². The second-order valence-electron chi connectivity index (χ2n) is 7.14. The van der Waals surface area contributed by atoms with Crippen molar-refractivity contribution in [1.82, 2.24) is 14.5 Å². The van der Waals surface area contributed by atoms with E-state index in [4.69, 9.17) is 9.72 Å². The Bertz CT molecular complexity index is 738. The Hall–Kier alpha value is -1.88. The molecule has 2 aromatic rings. The molecule has 1 fully saturated rings. The van der Waals surface area contributed by atoms with E-state index in [-0.39, 0.29) is 17.9 Å². The smallest absolute Gasteiger partial charge is 0.251 e. The number of carbonyl (C=O) groups is 1. The number of para-hydroxylation sites is 2. The number of fused-ring (bicyclic) bond motifs is 1. The molecule has 0 aliphatic carbocycles. The fraction of sp³-hybridized carbons (Fsp3) is 0.600. The number of piperidine rings is 1. The van der Waals surface area contributed by atoms with Gasteiger partial charge in [-0.1, -0.05) is 12.1 Å². The molecule has 2 atom stereocenters. The lowest BCUT2D eigenvalue weighted by atomic mass is 9.96. The van der Waals surface area contributed by atoms with Gasteiger partial charge in [-0.3, -0.25) is 4.79 Å². The number of hydrogen-bond donors (Lipinski definition) is 0. The van der Waals surface area contributed by atoms with Gasteiger partial charge in [-0.15, -0.1) is 0 Å². The predicted molar refractivity (Wildman–Crippen MR) is 99.8 cm³/mol. The van der Waals surface area contributed by atoms with Crippen molar-refractivity contribution >= 4 is 16.9 Å². The van der Waals surface area contributed by atoms with Gasteiger partial charge in [0.1, 0.15) is 11.9 Å². The van der Waals surface area contributed by atoms with E-state index in [1.54, 1.807) is 0 Å². The summed E-state index contributed by atoms with van der Waals surface area (Å²) in [4.78, 5) is 19.5. The zero-order valence-corrected chi connectivity index (χ0v) is 15.7. The second-order valence-corrected chi connectivity index (χ2v) is 7.14. The molecule has 1 aliphatic rings. The van der Waals surface area contributed by atoms with Gasteiger partial charge in [0.05, 0.1) is 11.0 Å². The Labute approximate surface area is 150 Å². The number of ether oxygens (including phenoxy) is 1. The number of aromatic nitrogens is 2. The zero-order valence-electron chi connectivity index (χ0n) is 15.7. The SMILES string of the molecule is CCO[C@@H](C)C(=O)N1CCC[C@@H](c2nc3ccccc3n2C(C)C)C1. The van der Waals surface area contributed by atoms with Crippen molar-refractivity contribution in [1.29, 1.82) is 0 Å². The highest BCUT2D eigenvalue weighted by Crippen LogP contribution is 2.31. The van der Waals surface area contributed by atoms with Crippen LogP contribution >= 0.6 is 0 Å². The van der Waals surface area contributed by atoms with Crippen LogP contribution in [0.4, 0.5) is 0 Å². The van der Waals surface area contributed by atoms with E-state index in [0.29, 0.717) is 12.6 Å². The molecular weight excluding hydrogens is 314 g/mol. The number of rotatable bonds is 5. The van der Waals surface area contributed by atoms with Gasteiger partial charge in [-0.05, 0) is 52.7 Å². The van der Waals surface area contributed by atoms with E-state index in [0.717, 1.165) is 37.3 Å². The van der Waals surface area contributed by atoms with Crippen LogP contribution in [0, 0.1) is 0 Å². The molecule has 5 nitrogen and oxygen atoms in total. The average molecular weight is 343 g/mol. The number of amides is 1. The maximum atomic E-state index is 12.6. The third kappa shape index (κ3) is 3.56. The minimum absolute atomic E-state index is 0.0961. The largest absolute Gasteiger partial charge is 0.369 e. The summed E-state index contributed by atoms with van der Waals surface area (Å²) >= 11 is 0. The summed E-state index contributed by atoms with van der Waals surface area (Å²) in [5.74, 6) is 1.48. The molecule has 1 aromatic heterocycles. The number of nitrogens with zero attached hydrogens (tertiary/aromatic N) is 3. The van der Waals surface area contributed by atoms with Gasteiger partial charge in [0.15, 0.2) is 0 Å². The number of carbonyl (C=O) groups excluding carboxylic acids is 1. The van der Waals surface area contributed by atoms with Crippen LogP contribution < -0.4 is 0 Å². The van der Waals surface area contributed by atoms with Gasteiger partial charge < -0.3 is 14.2 Å². The highest BCUT2D eigenvalue weighted by molar-refractivity contribution is 5.81. The molecule has 0 radical (unpaired) electrons. The minimum atomic E-state index is -0.368. The normalized spacial score (nSPS) is 19.6. The third-order valence-corrected chi connectivity index (χ3v) is 5.00. The fourth-order valence-corrected chi connectivity index (χ4v) is 3.86. The van der Waals surface area contributed by atoms with Gasteiger partial charge in [0.2, 0.25) is 0 Å². The molecular formula is C20H29N3O2. The van der Waals surface area contributed by atoms with E-state index < -0.39 is 0 Å². The Morgan fingerprint density at radius 3 is 2.80 bits per heavy atom. The summed E-state index contributed by atoms with van der Waals surface area (Å²) in [6.45, 7) is 10.3. The van der Waals surface area contributed by atoms with Crippen molar-refractivity contribution in [2.24, 2.45) is 0 Å². The minimum Gasteiger partial charge on any atom is -0.369 e. The molecule has 5 heteroatoms. The van der Waals surface area contributed by atoms with E-state index in [2.05, 4.69) is 36.6 Å². The van der Waals surface area contributed by atoms with E-state index in [1.165, 1.54) is 5.52 Å². The lowest BCUT2D eigenvalue weighted by molar-refractivity contribution is -0.143. The van der Waals surface area contributed by atoms with Crippen LogP contribution in [0.5, 0.6) is 0 Å². The maximum Gasteiger partial charge on any atom is 0.251 e. The van der Waals surface area contributed by atoms with Crippen molar-refractivity contribution < 1.29 is 9.53 Å². The standard InChI is InChI=1S/C20H29N3O2/c1-5-25-15(4)20(24)22-12-8-9-16(13-22)19-21-17-10-6-7-11-18(17)23(19)14(2)3/h6-7,10-11,14-16H,5,8-9,12-13H2,1-4H3/t15-,16+/m0/s1.